The van der Waals surface area contributed by atoms with Crippen molar-refractivity contribution >= 4 is 33.8 Å². The number of benzene rings is 1. The van der Waals surface area contributed by atoms with E-state index in [9.17, 15) is 18.3 Å². The molecule has 1 N–H and O–H groups in total. The molecule has 116 valence electrons. The molecule has 0 fully saturated rings. The Morgan fingerprint density at radius 3 is 2.45 bits per heavy atom. The average molecular weight is 330 g/mol. The van der Waals surface area contributed by atoms with Crippen LogP contribution in [0.25, 0.3) is 22.2 Å². The second kappa shape index (κ2) is 4.74. The Balaban J connectivity index is 2.36. The highest BCUT2D eigenvalue weighted by molar-refractivity contribution is 6.36. The summed E-state index contributed by atoms with van der Waals surface area (Å²) in [6.45, 7) is 3.65. The Morgan fingerprint density at radius 2 is 1.86 bits per heavy atom. The predicted octanol–water partition coefficient (Wildman–Crippen LogP) is 4.54. The third-order valence-corrected chi connectivity index (χ3v) is 3.70. The second-order valence-electron chi connectivity index (χ2n) is 5.20. The molecule has 2 heterocycles. The molecule has 0 atom stereocenters. The zero-order valence-corrected chi connectivity index (χ0v) is 12.4. The minimum Gasteiger partial charge on any atom is -0.493 e. The molecule has 3 rings (SSSR count). The molecule has 0 saturated heterocycles. The smallest absolute Gasteiger partial charge is 0.416 e. The summed E-state index contributed by atoms with van der Waals surface area (Å²) in [5.74, 6) is -0.196. The number of alkyl halides is 3. The fourth-order valence-electron chi connectivity index (χ4n) is 2.34. The van der Waals surface area contributed by atoms with Crippen LogP contribution in [0.15, 0.2) is 18.2 Å². The van der Waals surface area contributed by atoms with Gasteiger partial charge in [-0.15, -0.1) is 0 Å². The van der Waals surface area contributed by atoms with Gasteiger partial charge >= 0.3 is 6.18 Å². The highest BCUT2D eigenvalue weighted by atomic mass is 35.5. The van der Waals surface area contributed by atoms with Gasteiger partial charge in [-0.1, -0.05) is 11.6 Å². The summed E-state index contributed by atoms with van der Waals surface area (Å²) in [5, 5.41) is 10.0. The summed E-state index contributed by atoms with van der Waals surface area (Å²) >= 11 is 6.03. The van der Waals surface area contributed by atoms with Crippen molar-refractivity contribution in [2.24, 2.45) is 0 Å². The zero-order valence-electron chi connectivity index (χ0n) is 11.6. The number of aromatic hydroxyl groups is 1. The van der Waals surface area contributed by atoms with Gasteiger partial charge in [-0.05, 0) is 32.0 Å². The standard InChI is InChI=1S/C14H11ClF3N3O/c1-6(2)21-12-11(10(15)13(21)22)19-9-5-7(14(16,17)18)3-4-8(9)20-12/h3-6,22H,1-2H3. The summed E-state index contributed by atoms with van der Waals surface area (Å²) < 4.78 is 39.8. The second-order valence-corrected chi connectivity index (χ2v) is 5.58. The van der Waals surface area contributed by atoms with Gasteiger partial charge < -0.3 is 5.11 Å². The predicted molar refractivity (Wildman–Crippen MR) is 77.1 cm³/mol. The lowest BCUT2D eigenvalue weighted by molar-refractivity contribution is -0.137. The van der Waals surface area contributed by atoms with Crippen LogP contribution in [0.1, 0.15) is 25.5 Å². The van der Waals surface area contributed by atoms with E-state index in [-0.39, 0.29) is 28.0 Å². The highest BCUT2D eigenvalue weighted by Gasteiger charge is 2.31. The lowest BCUT2D eigenvalue weighted by atomic mass is 10.2. The molecule has 0 aliphatic carbocycles. The van der Waals surface area contributed by atoms with Crippen molar-refractivity contribution in [3.63, 3.8) is 0 Å². The van der Waals surface area contributed by atoms with Gasteiger partial charge in [0.15, 0.2) is 5.65 Å². The van der Waals surface area contributed by atoms with Crippen LogP contribution in [0.5, 0.6) is 5.88 Å². The Kier molecular flexibility index (Phi) is 3.21. The van der Waals surface area contributed by atoms with Crippen LogP contribution in [-0.4, -0.2) is 19.6 Å². The first kappa shape index (κ1) is 14.9. The monoisotopic (exact) mass is 329 g/mol. The van der Waals surface area contributed by atoms with Crippen molar-refractivity contribution in [3.8, 4) is 5.88 Å². The van der Waals surface area contributed by atoms with Gasteiger partial charge in [-0.3, -0.25) is 4.57 Å². The summed E-state index contributed by atoms with van der Waals surface area (Å²) in [4.78, 5) is 8.43. The van der Waals surface area contributed by atoms with Gasteiger partial charge in [-0.25, -0.2) is 9.97 Å². The maximum Gasteiger partial charge on any atom is 0.416 e. The van der Waals surface area contributed by atoms with Crippen LogP contribution in [0.3, 0.4) is 0 Å². The number of rotatable bonds is 1. The van der Waals surface area contributed by atoms with E-state index in [0.717, 1.165) is 12.1 Å². The maximum absolute atomic E-state index is 12.8. The molecule has 0 amide bonds. The summed E-state index contributed by atoms with van der Waals surface area (Å²) in [7, 11) is 0. The molecule has 22 heavy (non-hydrogen) atoms. The number of hydrogen-bond donors (Lipinski definition) is 1. The lowest BCUT2D eigenvalue weighted by Gasteiger charge is -2.10. The molecule has 0 spiro atoms. The van der Waals surface area contributed by atoms with Gasteiger partial charge in [0.2, 0.25) is 5.88 Å². The molecule has 3 aromatic rings. The van der Waals surface area contributed by atoms with Crippen molar-refractivity contribution in [3.05, 3.63) is 28.8 Å². The molecular formula is C14H11ClF3N3O. The van der Waals surface area contributed by atoms with Gasteiger partial charge in [0.05, 0.1) is 16.6 Å². The van der Waals surface area contributed by atoms with Gasteiger partial charge in [0.25, 0.3) is 0 Å². The highest BCUT2D eigenvalue weighted by Crippen LogP contribution is 2.37. The zero-order chi connectivity index (χ0) is 16.2. The van der Waals surface area contributed by atoms with Crippen molar-refractivity contribution in [1.29, 1.82) is 0 Å². The van der Waals surface area contributed by atoms with Crippen LogP contribution < -0.4 is 0 Å². The van der Waals surface area contributed by atoms with Gasteiger partial charge in [0, 0.05) is 6.04 Å². The Bertz CT molecular complexity index is 887. The van der Waals surface area contributed by atoms with E-state index in [1.54, 1.807) is 0 Å². The van der Waals surface area contributed by atoms with E-state index < -0.39 is 11.7 Å². The molecule has 8 heteroatoms. The first-order valence-corrected chi connectivity index (χ1v) is 6.85. The molecular weight excluding hydrogens is 319 g/mol. The van der Waals surface area contributed by atoms with E-state index in [2.05, 4.69) is 9.97 Å². The van der Waals surface area contributed by atoms with Crippen LogP contribution in [-0.2, 0) is 6.18 Å². The fraction of sp³-hybridized carbons (Fsp3) is 0.286. The lowest BCUT2D eigenvalue weighted by Crippen LogP contribution is -2.05. The molecule has 0 bridgehead atoms. The van der Waals surface area contributed by atoms with E-state index >= 15 is 0 Å². The first-order valence-electron chi connectivity index (χ1n) is 6.47. The van der Waals surface area contributed by atoms with E-state index in [0.29, 0.717) is 11.2 Å². The average Bonchev–Trinajstić information content (AvgIpc) is 2.67. The fourth-order valence-corrected chi connectivity index (χ4v) is 2.56. The summed E-state index contributed by atoms with van der Waals surface area (Å²) in [6.07, 6.45) is -4.46. The molecule has 0 unspecified atom stereocenters. The van der Waals surface area contributed by atoms with Crippen LogP contribution in [0, 0.1) is 0 Å². The van der Waals surface area contributed by atoms with E-state index in [1.165, 1.54) is 10.6 Å². The number of nitrogens with zero attached hydrogens (tertiary/aromatic N) is 3. The molecule has 4 nitrogen and oxygen atoms in total. The molecule has 0 aliphatic heterocycles. The summed E-state index contributed by atoms with van der Waals surface area (Å²) in [6, 6.07) is 3.00. The molecule has 0 radical (unpaired) electrons. The topological polar surface area (TPSA) is 50.9 Å². The van der Waals surface area contributed by atoms with Crippen LogP contribution in [0.2, 0.25) is 5.02 Å². The Morgan fingerprint density at radius 1 is 1.18 bits per heavy atom. The van der Waals surface area contributed by atoms with Crippen LogP contribution >= 0.6 is 11.6 Å². The molecule has 2 aromatic heterocycles. The normalized spacial score (nSPS) is 12.7. The van der Waals surface area contributed by atoms with Gasteiger partial charge in [0.1, 0.15) is 10.5 Å². The Labute approximate surface area is 128 Å². The quantitative estimate of drug-likeness (QED) is 0.713. The third-order valence-electron chi connectivity index (χ3n) is 3.35. The number of halogens is 4. The minimum atomic E-state index is -4.46. The molecule has 0 saturated carbocycles. The SMILES string of the molecule is CC(C)n1c(O)c(Cl)c2nc3cc(C(F)(F)F)ccc3nc21. The number of fused-ring (bicyclic) bond motifs is 2. The minimum absolute atomic E-state index is 0.0180. The first-order chi connectivity index (χ1) is 10.2. The number of aromatic nitrogens is 3. The molecule has 0 aliphatic rings. The van der Waals surface area contributed by atoms with E-state index in [4.69, 9.17) is 11.6 Å². The van der Waals surface area contributed by atoms with Crippen molar-refractivity contribution in [2.75, 3.05) is 0 Å². The van der Waals surface area contributed by atoms with Gasteiger partial charge in [-0.2, -0.15) is 13.2 Å². The van der Waals surface area contributed by atoms with E-state index in [1.807, 2.05) is 13.8 Å². The third kappa shape index (κ3) is 2.16. The van der Waals surface area contributed by atoms with Crippen LogP contribution in [0.4, 0.5) is 13.2 Å². The van der Waals surface area contributed by atoms with Crippen molar-refractivity contribution in [1.82, 2.24) is 14.5 Å². The van der Waals surface area contributed by atoms with Crippen molar-refractivity contribution in [2.45, 2.75) is 26.1 Å². The largest absolute Gasteiger partial charge is 0.493 e. The Hall–Kier alpha value is -2.02. The number of hydrogen-bond acceptors (Lipinski definition) is 3. The molecule has 1 aromatic carbocycles. The summed E-state index contributed by atoms with van der Waals surface area (Å²) in [5.41, 5.74) is 0.0865. The van der Waals surface area contributed by atoms with Crippen molar-refractivity contribution < 1.29 is 18.3 Å². The maximum atomic E-state index is 12.8.